The van der Waals surface area contributed by atoms with Gasteiger partial charge in [-0.2, -0.15) is 0 Å². The molecule has 142 valence electrons. The molecule has 2 aliphatic carbocycles. The van der Waals surface area contributed by atoms with E-state index in [1.165, 1.54) is 25.7 Å². The zero-order chi connectivity index (χ0) is 17.8. The van der Waals surface area contributed by atoms with Crippen molar-refractivity contribution in [1.82, 2.24) is 20.4 Å². The first-order valence-corrected chi connectivity index (χ1v) is 9.71. The van der Waals surface area contributed by atoms with E-state index in [0.29, 0.717) is 12.5 Å². The Bertz CT molecular complexity index is 479. The van der Waals surface area contributed by atoms with Gasteiger partial charge in [0, 0.05) is 38.8 Å². The standard InChI is InChI=1S/C18H32N4O3/c1-13(16-11-14-2-3-15(16)10-14)19-18(25)20-17(24)12-22-6-4-21(5-7-22)8-9-23/h13-16,23H,2-12H2,1H3,(H2,19,20,24,25). The van der Waals surface area contributed by atoms with Gasteiger partial charge >= 0.3 is 6.03 Å². The summed E-state index contributed by atoms with van der Waals surface area (Å²) in [5.41, 5.74) is 0. The van der Waals surface area contributed by atoms with Crippen LogP contribution in [0.4, 0.5) is 4.79 Å². The Balaban J connectivity index is 1.34. The van der Waals surface area contributed by atoms with Crippen molar-refractivity contribution < 1.29 is 14.7 Å². The number of hydrogen-bond donors (Lipinski definition) is 3. The van der Waals surface area contributed by atoms with E-state index in [1.807, 2.05) is 0 Å². The fourth-order valence-corrected chi connectivity index (χ4v) is 4.94. The number of piperazine rings is 1. The molecule has 3 fully saturated rings. The van der Waals surface area contributed by atoms with Gasteiger partial charge in [-0.25, -0.2) is 4.79 Å². The molecule has 0 aromatic rings. The van der Waals surface area contributed by atoms with Crippen LogP contribution in [0.5, 0.6) is 0 Å². The lowest BCUT2D eigenvalue weighted by molar-refractivity contribution is -0.121. The lowest BCUT2D eigenvalue weighted by Crippen LogP contribution is -2.52. The van der Waals surface area contributed by atoms with Gasteiger partial charge in [0.2, 0.25) is 5.91 Å². The Morgan fingerprint density at radius 1 is 1.12 bits per heavy atom. The van der Waals surface area contributed by atoms with Crippen molar-refractivity contribution in [3.8, 4) is 0 Å². The van der Waals surface area contributed by atoms with Gasteiger partial charge in [0.25, 0.3) is 0 Å². The molecule has 3 amide bonds. The molecule has 3 N–H and O–H groups in total. The fraction of sp³-hybridized carbons (Fsp3) is 0.889. The van der Waals surface area contributed by atoms with E-state index < -0.39 is 0 Å². The normalized spacial score (nSPS) is 31.0. The molecule has 4 unspecified atom stereocenters. The van der Waals surface area contributed by atoms with Crippen LogP contribution in [0.1, 0.15) is 32.6 Å². The fourth-order valence-electron chi connectivity index (χ4n) is 4.94. The van der Waals surface area contributed by atoms with Crippen molar-refractivity contribution in [2.75, 3.05) is 45.9 Å². The third-order valence-electron chi connectivity index (χ3n) is 6.30. The Hall–Kier alpha value is -1.18. The number of nitrogens with zero attached hydrogens (tertiary/aromatic N) is 2. The number of hydrogen-bond acceptors (Lipinski definition) is 5. The first kappa shape index (κ1) is 18.6. The number of carbonyl (C=O) groups excluding carboxylic acids is 2. The maximum Gasteiger partial charge on any atom is 0.321 e. The van der Waals surface area contributed by atoms with Gasteiger partial charge in [-0.3, -0.25) is 19.9 Å². The predicted octanol–water partition coefficient (Wildman–Crippen LogP) is 0.247. The molecular weight excluding hydrogens is 320 g/mol. The molecule has 25 heavy (non-hydrogen) atoms. The van der Waals surface area contributed by atoms with Crippen LogP contribution in [0, 0.1) is 17.8 Å². The second-order valence-corrected chi connectivity index (χ2v) is 7.99. The van der Waals surface area contributed by atoms with Crippen molar-refractivity contribution in [1.29, 1.82) is 0 Å². The van der Waals surface area contributed by atoms with E-state index in [4.69, 9.17) is 5.11 Å². The number of aliphatic hydroxyl groups excluding tert-OH is 1. The van der Waals surface area contributed by atoms with Crippen LogP contribution in [0.3, 0.4) is 0 Å². The second kappa shape index (κ2) is 8.47. The van der Waals surface area contributed by atoms with Gasteiger partial charge in [-0.15, -0.1) is 0 Å². The minimum atomic E-state index is -0.362. The first-order chi connectivity index (χ1) is 12.0. The topological polar surface area (TPSA) is 84.9 Å². The molecule has 2 saturated carbocycles. The monoisotopic (exact) mass is 352 g/mol. The van der Waals surface area contributed by atoms with E-state index in [2.05, 4.69) is 27.4 Å². The summed E-state index contributed by atoms with van der Waals surface area (Å²) < 4.78 is 0. The average molecular weight is 352 g/mol. The number of urea groups is 1. The molecule has 1 heterocycles. The summed E-state index contributed by atoms with van der Waals surface area (Å²) in [5.74, 6) is 1.94. The van der Waals surface area contributed by atoms with E-state index in [-0.39, 0.29) is 31.1 Å². The highest BCUT2D eigenvalue weighted by molar-refractivity contribution is 5.95. The summed E-state index contributed by atoms with van der Waals surface area (Å²) in [7, 11) is 0. The molecule has 0 radical (unpaired) electrons. The Morgan fingerprint density at radius 3 is 2.44 bits per heavy atom. The zero-order valence-electron chi connectivity index (χ0n) is 15.2. The van der Waals surface area contributed by atoms with Gasteiger partial charge in [0.1, 0.15) is 0 Å². The highest BCUT2D eigenvalue weighted by Gasteiger charge is 2.42. The van der Waals surface area contributed by atoms with Gasteiger partial charge < -0.3 is 10.4 Å². The minimum absolute atomic E-state index is 0.130. The van der Waals surface area contributed by atoms with Crippen molar-refractivity contribution in [3.05, 3.63) is 0 Å². The summed E-state index contributed by atoms with van der Waals surface area (Å²) in [6.45, 7) is 6.44. The van der Waals surface area contributed by atoms with Gasteiger partial charge in [0.05, 0.1) is 13.2 Å². The quantitative estimate of drug-likeness (QED) is 0.638. The summed E-state index contributed by atoms with van der Waals surface area (Å²) in [6.07, 6.45) is 5.19. The molecule has 0 spiro atoms. The minimum Gasteiger partial charge on any atom is -0.395 e. The Labute approximate surface area is 150 Å². The van der Waals surface area contributed by atoms with Crippen LogP contribution in [0.15, 0.2) is 0 Å². The van der Waals surface area contributed by atoms with Crippen molar-refractivity contribution in [2.45, 2.75) is 38.6 Å². The molecule has 7 heteroatoms. The third-order valence-corrected chi connectivity index (χ3v) is 6.30. The lowest BCUT2D eigenvalue weighted by Gasteiger charge is -2.33. The van der Waals surface area contributed by atoms with E-state index in [9.17, 15) is 9.59 Å². The molecule has 3 aliphatic rings. The first-order valence-electron chi connectivity index (χ1n) is 9.71. The summed E-state index contributed by atoms with van der Waals surface area (Å²) in [6, 6.07) is -0.232. The second-order valence-electron chi connectivity index (χ2n) is 7.99. The third kappa shape index (κ3) is 4.92. The Morgan fingerprint density at radius 2 is 1.84 bits per heavy atom. The van der Waals surface area contributed by atoms with E-state index in [1.54, 1.807) is 0 Å². The average Bonchev–Trinajstić information content (AvgIpc) is 3.20. The molecule has 7 nitrogen and oxygen atoms in total. The van der Waals surface area contributed by atoms with E-state index in [0.717, 1.165) is 38.0 Å². The van der Waals surface area contributed by atoms with Gasteiger partial charge in [-0.05, 0) is 43.9 Å². The highest BCUT2D eigenvalue weighted by Crippen LogP contribution is 2.49. The molecule has 1 saturated heterocycles. The smallest absolute Gasteiger partial charge is 0.321 e. The lowest BCUT2D eigenvalue weighted by atomic mass is 9.84. The largest absolute Gasteiger partial charge is 0.395 e. The SMILES string of the molecule is CC(NC(=O)NC(=O)CN1CCN(CCO)CC1)C1CC2CCC1C2. The van der Waals surface area contributed by atoms with Crippen LogP contribution < -0.4 is 10.6 Å². The van der Waals surface area contributed by atoms with Crippen LogP contribution in [-0.2, 0) is 4.79 Å². The molecule has 2 bridgehead atoms. The number of nitrogens with one attached hydrogen (secondary N) is 2. The number of β-amino-alcohol motifs (C(OH)–C–C–N with tert-alkyl or cyclic N) is 1. The summed E-state index contributed by atoms with van der Waals surface area (Å²) in [5, 5.41) is 14.4. The number of amides is 3. The number of carbonyl (C=O) groups is 2. The van der Waals surface area contributed by atoms with Crippen molar-refractivity contribution in [3.63, 3.8) is 0 Å². The number of aliphatic hydroxyl groups is 1. The molecular formula is C18H32N4O3. The van der Waals surface area contributed by atoms with Crippen molar-refractivity contribution in [2.24, 2.45) is 17.8 Å². The van der Waals surface area contributed by atoms with Crippen LogP contribution >= 0.6 is 0 Å². The Kier molecular flexibility index (Phi) is 6.30. The van der Waals surface area contributed by atoms with Crippen molar-refractivity contribution >= 4 is 11.9 Å². The highest BCUT2D eigenvalue weighted by atomic mass is 16.3. The molecule has 0 aromatic heterocycles. The predicted molar refractivity (Wildman–Crippen MR) is 95.0 cm³/mol. The maximum atomic E-state index is 12.1. The maximum absolute atomic E-state index is 12.1. The zero-order valence-corrected chi connectivity index (χ0v) is 15.2. The van der Waals surface area contributed by atoms with Crippen LogP contribution in [-0.4, -0.2) is 78.8 Å². The molecule has 0 aromatic carbocycles. The molecule has 4 atom stereocenters. The van der Waals surface area contributed by atoms with Gasteiger partial charge in [-0.1, -0.05) is 6.42 Å². The van der Waals surface area contributed by atoms with E-state index >= 15 is 0 Å². The summed E-state index contributed by atoms with van der Waals surface area (Å²) >= 11 is 0. The number of rotatable bonds is 6. The van der Waals surface area contributed by atoms with Gasteiger partial charge in [0.15, 0.2) is 0 Å². The summed E-state index contributed by atoms with van der Waals surface area (Å²) in [4.78, 5) is 28.4. The van der Waals surface area contributed by atoms with Crippen LogP contribution in [0.2, 0.25) is 0 Å². The van der Waals surface area contributed by atoms with Crippen LogP contribution in [0.25, 0.3) is 0 Å². The molecule has 3 rings (SSSR count). The number of fused-ring (bicyclic) bond motifs is 2. The number of imide groups is 1. The molecule has 1 aliphatic heterocycles.